The van der Waals surface area contributed by atoms with Crippen molar-refractivity contribution >= 4 is 15.9 Å². The minimum absolute atomic E-state index is 0.0616. The summed E-state index contributed by atoms with van der Waals surface area (Å²) in [5.41, 5.74) is 1.21. The summed E-state index contributed by atoms with van der Waals surface area (Å²) in [4.78, 5) is 0. The SMILES string of the molecule is CCC1(CNC(C)c2cc(Br)ccc2F)CCC1. The van der Waals surface area contributed by atoms with Crippen LogP contribution in [-0.2, 0) is 0 Å². The molecule has 0 heterocycles. The average Bonchev–Trinajstić information content (AvgIpc) is 2.31. The molecule has 1 aromatic carbocycles. The van der Waals surface area contributed by atoms with Crippen LogP contribution >= 0.6 is 15.9 Å². The Bertz CT molecular complexity index is 409. The predicted octanol–water partition coefficient (Wildman–Crippen LogP) is 4.82. The number of halogens is 2. The van der Waals surface area contributed by atoms with Crippen LogP contribution in [0.15, 0.2) is 22.7 Å². The van der Waals surface area contributed by atoms with E-state index in [1.807, 2.05) is 13.0 Å². The molecule has 1 N–H and O–H groups in total. The van der Waals surface area contributed by atoms with Gasteiger partial charge < -0.3 is 5.32 Å². The fourth-order valence-corrected chi connectivity index (χ4v) is 3.04. The van der Waals surface area contributed by atoms with Crippen molar-refractivity contribution in [2.75, 3.05) is 6.54 Å². The second kappa shape index (κ2) is 5.70. The van der Waals surface area contributed by atoms with Crippen molar-refractivity contribution in [2.24, 2.45) is 5.41 Å². The van der Waals surface area contributed by atoms with E-state index in [2.05, 4.69) is 28.2 Å². The third-order valence-corrected chi connectivity index (χ3v) is 4.87. The van der Waals surface area contributed by atoms with E-state index in [-0.39, 0.29) is 11.9 Å². The molecule has 0 spiro atoms. The van der Waals surface area contributed by atoms with Gasteiger partial charge in [0.2, 0.25) is 0 Å². The molecular formula is C15H21BrFN. The molecule has 0 saturated heterocycles. The van der Waals surface area contributed by atoms with Crippen LogP contribution in [0.25, 0.3) is 0 Å². The topological polar surface area (TPSA) is 12.0 Å². The van der Waals surface area contributed by atoms with Crippen molar-refractivity contribution < 1.29 is 4.39 Å². The molecule has 2 rings (SSSR count). The van der Waals surface area contributed by atoms with Gasteiger partial charge in [0.25, 0.3) is 0 Å². The molecular weight excluding hydrogens is 293 g/mol. The van der Waals surface area contributed by atoms with Crippen molar-refractivity contribution in [1.82, 2.24) is 5.32 Å². The number of hydrogen-bond acceptors (Lipinski definition) is 1. The maximum atomic E-state index is 13.8. The maximum Gasteiger partial charge on any atom is 0.128 e. The van der Waals surface area contributed by atoms with Gasteiger partial charge in [-0.05, 0) is 49.8 Å². The van der Waals surface area contributed by atoms with Crippen molar-refractivity contribution in [3.8, 4) is 0 Å². The summed E-state index contributed by atoms with van der Waals surface area (Å²) in [7, 11) is 0. The smallest absolute Gasteiger partial charge is 0.128 e. The molecule has 0 amide bonds. The monoisotopic (exact) mass is 313 g/mol. The largest absolute Gasteiger partial charge is 0.310 e. The highest BCUT2D eigenvalue weighted by molar-refractivity contribution is 9.10. The van der Waals surface area contributed by atoms with Crippen LogP contribution in [0.5, 0.6) is 0 Å². The van der Waals surface area contributed by atoms with Crippen molar-refractivity contribution in [3.63, 3.8) is 0 Å². The number of benzene rings is 1. The molecule has 3 heteroatoms. The predicted molar refractivity (Wildman–Crippen MR) is 77.1 cm³/mol. The molecule has 1 fully saturated rings. The third kappa shape index (κ3) is 2.94. The second-order valence-electron chi connectivity index (χ2n) is 5.48. The number of nitrogens with one attached hydrogen (secondary N) is 1. The molecule has 18 heavy (non-hydrogen) atoms. The Balaban J connectivity index is 1.99. The molecule has 100 valence electrons. The highest BCUT2D eigenvalue weighted by Gasteiger charge is 2.35. The zero-order chi connectivity index (χ0) is 13.2. The molecule has 0 bridgehead atoms. The fourth-order valence-electron chi connectivity index (χ4n) is 2.66. The Morgan fingerprint density at radius 3 is 2.72 bits per heavy atom. The minimum Gasteiger partial charge on any atom is -0.310 e. The summed E-state index contributed by atoms with van der Waals surface area (Å²) < 4.78 is 14.7. The summed E-state index contributed by atoms with van der Waals surface area (Å²) in [6.07, 6.45) is 5.18. The van der Waals surface area contributed by atoms with Crippen molar-refractivity contribution in [1.29, 1.82) is 0 Å². The summed E-state index contributed by atoms with van der Waals surface area (Å²) in [5.74, 6) is -0.127. The lowest BCUT2D eigenvalue weighted by atomic mass is 9.67. The van der Waals surface area contributed by atoms with Crippen LogP contribution < -0.4 is 5.32 Å². The Morgan fingerprint density at radius 1 is 1.44 bits per heavy atom. The fraction of sp³-hybridized carbons (Fsp3) is 0.600. The molecule has 1 aromatic rings. The third-order valence-electron chi connectivity index (χ3n) is 4.37. The van der Waals surface area contributed by atoms with Gasteiger partial charge in [0, 0.05) is 22.6 Å². The van der Waals surface area contributed by atoms with Gasteiger partial charge in [0.1, 0.15) is 5.82 Å². The lowest BCUT2D eigenvalue weighted by molar-refractivity contribution is 0.120. The van der Waals surface area contributed by atoms with Crippen LogP contribution in [0.3, 0.4) is 0 Å². The van der Waals surface area contributed by atoms with Crippen molar-refractivity contribution in [2.45, 2.75) is 45.6 Å². The van der Waals surface area contributed by atoms with E-state index in [9.17, 15) is 4.39 Å². The van der Waals surface area contributed by atoms with Crippen LogP contribution in [0.2, 0.25) is 0 Å². The first-order valence-electron chi connectivity index (χ1n) is 6.75. The van der Waals surface area contributed by atoms with Crippen LogP contribution in [0, 0.1) is 11.2 Å². The summed E-state index contributed by atoms with van der Waals surface area (Å²) in [6.45, 7) is 5.29. The highest BCUT2D eigenvalue weighted by atomic mass is 79.9. The molecule has 1 unspecified atom stereocenters. The van der Waals surface area contributed by atoms with Crippen LogP contribution in [0.4, 0.5) is 4.39 Å². The van der Waals surface area contributed by atoms with Gasteiger partial charge in [-0.2, -0.15) is 0 Å². The van der Waals surface area contributed by atoms with E-state index in [4.69, 9.17) is 0 Å². The molecule has 0 aromatic heterocycles. The first-order valence-corrected chi connectivity index (χ1v) is 7.54. The molecule has 0 aliphatic heterocycles. The first-order chi connectivity index (χ1) is 8.56. The van der Waals surface area contributed by atoms with Crippen LogP contribution in [-0.4, -0.2) is 6.54 Å². The number of rotatable bonds is 5. The van der Waals surface area contributed by atoms with Crippen molar-refractivity contribution in [3.05, 3.63) is 34.1 Å². The minimum atomic E-state index is -0.127. The van der Waals surface area contributed by atoms with Gasteiger partial charge in [-0.15, -0.1) is 0 Å². The molecule has 0 radical (unpaired) electrons. The Hall–Kier alpha value is -0.410. The van der Waals surface area contributed by atoms with Gasteiger partial charge >= 0.3 is 0 Å². The molecule has 1 aliphatic carbocycles. The zero-order valence-corrected chi connectivity index (χ0v) is 12.7. The highest BCUT2D eigenvalue weighted by Crippen LogP contribution is 2.43. The van der Waals surface area contributed by atoms with Crippen LogP contribution in [0.1, 0.15) is 51.1 Å². The van der Waals surface area contributed by atoms with Gasteiger partial charge in [0.05, 0.1) is 0 Å². The second-order valence-corrected chi connectivity index (χ2v) is 6.39. The lowest BCUT2D eigenvalue weighted by Crippen LogP contribution is -2.40. The molecule has 1 nitrogen and oxygen atoms in total. The summed E-state index contributed by atoms with van der Waals surface area (Å²) >= 11 is 3.40. The molecule has 1 aliphatic rings. The average molecular weight is 314 g/mol. The van der Waals surface area contributed by atoms with E-state index < -0.39 is 0 Å². The van der Waals surface area contributed by atoms with Gasteiger partial charge in [-0.3, -0.25) is 0 Å². The van der Waals surface area contributed by atoms with E-state index in [1.165, 1.54) is 31.7 Å². The summed E-state index contributed by atoms with van der Waals surface area (Å²) in [6, 6.07) is 5.19. The maximum absolute atomic E-state index is 13.8. The quantitative estimate of drug-likeness (QED) is 0.821. The zero-order valence-electron chi connectivity index (χ0n) is 11.1. The first kappa shape index (κ1) is 14.0. The van der Waals surface area contributed by atoms with Gasteiger partial charge in [0.15, 0.2) is 0 Å². The molecule has 1 atom stereocenters. The lowest BCUT2D eigenvalue weighted by Gasteiger charge is -2.42. The Kier molecular flexibility index (Phi) is 4.44. The standard InChI is InChI=1S/C15H21BrFN/c1-3-15(7-4-8-15)10-18-11(2)13-9-12(16)5-6-14(13)17/h5-6,9,11,18H,3-4,7-8,10H2,1-2H3. The summed E-state index contributed by atoms with van der Waals surface area (Å²) in [5, 5.41) is 3.50. The van der Waals surface area contributed by atoms with Gasteiger partial charge in [-0.1, -0.05) is 29.3 Å². The normalized spacial score (nSPS) is 19.3. The Labute approximate surface area is 117 Å². The Morgan fingerprint density at radius 2 is 2.17 bits per heavy atom. The van der Waals surface area contributed by atoms with E-state index in [1.54, 1.807) is 6.07 Å². The van der Waals surface area contributed by atoms with E-state index in [0.29, 0.717) is 5.41 Å². The van der Waals surface area contributed by atoms with E-state index in [0.717, 1.165) is 16.6 Å². The number of hydrogen-bond donors (Lipinski definition) is 1. The molecule has 1 saturated carbocycles. The van der Waals surface area contributed by atoms with E-state index >= 15 is 0 Å². The van der Waals surface area contributed by atoms with Gasteiger partial charge in [-0.25, -0.2) is 4.39 Å².